The van der Waals surface area contributed by atoms with Crippen molar-refractivity contribution in [1.82, 2.24) is 4.57 Å². The molecule has 0 saturated heterocycles. The zero-order valence-electron chi connectivity index (χ0n) is 29.7. The van der Waals surface area contributed by atoms with Gasteiger partial charge in [0.1, 0.15) is 0 Å². The number of fused-ring (bicyclic) bond motifs is 5. The average molecular weight is 698 g/mol. The van der Waals surface area contributed by atoms with Crippen LogP contribution < -0.4 is 0 Å². The standard InChI is InChI=1S/C52H31N3/c1-54-48-32-40(55-49-21-10-9-16-42(49)47-30-34(33-53)22-29-50(47)55)27-28-41(48)36-25-23-35(24-26-36)38-14-11-15-39(31-38)52-45-19-7-5-17-43(45)51(37-12-3-2-4-13-37)44-18-6-8-20-46(44)52/h2-32H. The van der Waals surface area contributed by atoms with Gasteiger partial charge in [-0.2, -0.15) is 5.26 Å². The third-order valence-electron chi connectivity index (χ3n) is 10.8. The third kappa shape index (κ3) is 5.27. The van der Waals surface area contributed by atoms with E-state index >= 15 is 0 Å². The maximum atomic E-state index is 9.56. The zero-order valence-corrected chi connectivity index (χ0v) is 29.7. The summed E-state index contributed by atoms with van der Waals surface area (Å²) in [5.74, 6) is 0. The highest BCUT2D eigenvalue weighted by molar-refractivity contribution is 6.21. The van der Waals surface area contributed by atoms with Gasteiger partial charge in [-0.3, -0.25) is 0 Å². The van der Waals surface area contributed by atoms with Crippen molar-refractivity contribution in [2.45, 2.75) is 0 Å². The lowest BCUT2D eigenvalue weighted by Gasteiger charge is -2.18. The first-order valence-corrected chi connectivity index (χ1v) is 18.4. The third-order valence-corrected chi connectivity index (χ3v) is 10.8. The first kappa shape index (κ1) is 32.0. The van der Waals surface area contributed by atoms with Gasteiger partial charge in [0.05, 0.1) is 29.2 Å². The summed E-state index contributed by atoms with van der Waals surface area (Å²) in [6, 6.07) is 68.0. The number of hydrogen-bond acceptors (Lipinski definition) is 1. The highest BCUT2D eigenvalue weighted by Crippen LogP contribution is 2.44. The number of para-hydroxylation sites is 1. The van der Waals surface area contributed by atoms with Gasteiger partial charge in [-0.05, 0) is 109 Å². The normalized spacial score (nSPS) is 11.2. The van der Waals surface area contributed by atoms with E-state index < -0.39 is 0 Å². The van der Waals surface area contributed by atoms with E-state index in [-0.39, 0.29) is 0 Å². The predicted octanol–water partition coefficient (Wildman–Crippen LogP) is 14.2. The summed E-state index contributed by atoms with van der Waals surface area (Å²) in [4.78, 5) is 4.00. The monoisotopic (exact) mass is 697 g/mol. The van der Waals surface area contributed by atoms with E-state index in [9.17, 15) is 5.26 Å². The molecule has 9 aromatic carbocycles. The van der Waals surface area contributed by atoms with Crippen molar-refractivity contribution >= 4 is 49.0 Å². The minimum absolute atomic E-state index is 0.588. The lowest BCUT2D eigenvalue weighted by molar-refractivity contribution is 1.18. The Kier molecular flexibility index (Phi) is 7.58. The topological polar surface area (TPSA) is 33.1 Å². The Labute approximate surface area is 319 Å². The van der Waals surface area contributed by atoms with E-state index in [1.54, 1.807) is 0 Å². The molecule has 0 aliphatic heterocycles. The molecular formula is C52H31N3. The average Bonchev–Trinajstić information content (AvgIpc) is 3.59. The summed E-state index contributed by atoms with van der Waals surface area (Å²) < 4.78 is 2.18. The van der Waals surface area contributed by atoms with Crippen molar-refractivity contribution in [3.05, 3.63) is 205 Å². The Balaban J connectivity index is 1.04. The molecule has 0 saturated carbocycles. The Morgan fingerprint density at radius 2 is 0.982 bits per heavy atom. The molecule has 10 aromatic rings. The second-order valence-corrected chi connectivity index (χ2v) is 13.9. The van der Waals surface area contributed by atoms with E-state index in [1.165, 1.54) is 43.8 Å². The van der Waals surface area contributed by atoms with Gasteiger partial charge in [0.15, 0.2) is 5.69 Å². The van der Waals surface area contributed by atoms with Crippen LogP contribution in [0.4, 0.5) is 5.69 Å². The molecule has 55 heavy (non-hydrogen) atoms. The van der Waals surface area contributed by atoms with Crippen LogP contribution in [0.5, 0.6) is 0 Å². The van der Waals surface area contributed by atoms with Crippen molar-refractivity contribution in [3.8, 4) is 56.3 Å². The smallest absolute Gasteiger partial charge is 0.196 e. The largest absolute Gasteiger partial charge is 0.311 e. The van der Waals surface area contributed by atoms with Crippen molar-refractivity contribution in [3.63, 3.8) is 0 Å². The Bertz CT molecular complexity index is 3150. The molecule has 0 bridgehead atoms. The van der Waals surface area contributed by atoms with Gasteiger partial charge in [0, 0.05) is 16.5 Å². The summed E-state index contributed by atoms with van der Waals surface area (Å²) in [5, 5.41) is 16.6. The molecule has 0 unspecified atom stereocenters. The first-order valence-electron chi connectivity index (χ1n) is 18.4. The number of hydrogen-bond donors (Lipinski definition) is 0. The summed E-state index contributed by atoms with van der Waals surface area (Å²) in [7, 11) is 0. The fourth-order valence-corrected chi connectivity index (χ4v) is 8.37. The van der Waals surface area contributed by atoms with Crippen molar-refractivity contribution in [2.24, 2.45) is 0 Å². The van der Waals surface area contributed by atoms with Gasteiger partial charge in [0.2, 0.25) is 0 Å². The van der Waals surface area contributed by atoms with E-state index in [1.807, 2.05) is 36.4 Å². The molecule has 1 heterocycles. The molecule has 1 aromatic heterocycles. The predicted molar refractivity (Wildman–Crippen MR) is 229 cm³/mol. The number of nitrogens with zero attached hydrogens (tertiary/aromatic N) is 3. The summed E-state index contributed by atoms with van der Waals surface area (Å²) >= 11 is 0. The molecule has 3 heteroatoms. The maximum Gasteiger partial charge on any atom is 0.196 e. The van der Waals surface area contributed by atoms with Crippen LogP contribution in [0, 0.1) is 17.9 Å². The SMILES string of the molecule is [C-]#[N+]c1cc(-n2c3ccccc3c3cc(C#N)ccc32)ccc1-c1ccc(-c2cccc(-c3c4ccccc4c(-c4ccccc4)c4ccccc34)c2)cc1. The zero-order chi connectivity index (χ0) is 36.9. The molecule has 0 fully saturated rings. The highest BCUT2D eigenvalue weighted by Gasteiger charge is 2.18. The van der Waals surface area contributed by atoms with E-state index in [4.69, 9.17) is 6.57 Å². The van der Waals surface area contributed by atoms with Crippen molar-refractivity contribution < 1.29 is 0 Å². The van der Waals surface area contributed by atoms with Crippen LogP contribution in [0.1, 0.15) is 5.56 Å². The van der Waals surface area contributed by atoms with Gasteiger partial charge in [-0.15, -0.1) is 0 Å². The van der Waals surface area contributed by atoms with Gasteiger partial charge in [-0.25, -0.2) is 4.85 Å². The molecule has 10 rings (SSSR count). The molecule has 0 spiro atoms. The van der Waals surface area contributed by atoms with Gasteiger partial charge >= 0.3 is 0 Å². The van der Waals surface area contributed by atoms with Crippen molar-refractivity contribution in [1.29, 1.82) is 5.26 Å². The minimum Gasteiger partial charge on any atom is -0.311 e. The molecule has 0 aliphatic carbocycles. The Morgan fingerprint density at radius 3 is 1.65 bits per heavy atom. The molecule has 3 nitrogen and oxygen atoms in total. The van der Waals surface area contributed by atoms with Crippen LogP contribution in [-0.4, -0.2) is 4.57 Å². The summed E-state index contributed by atoms with van der Waals surface area (Å²) in [5.41, 5.74) is 13.2. The van der Waals surface area contributed by atoms with Crippen LogP contribution >= 0.6 is 0 Å². The molecule has 0 N–H and O–H groups in total. The van der Waals surface area contributed by atoms with Gasteiger partial charge < -0.3 is 4.57 Å². The van der Waals surface area contributed by atoms with Gasteiger partial charge in [0.25, 0.3) is 0 Å². The fraction of sp³-hybridized carbons (Fsp3) is 0. The lowest BCUT2D eigenvalue weighted by atomic mass is 9.85. The first-order chi connectivity index (χ1) is 27.2. The fourth-order valence-electron chi connectivity index (χ4n) is 8.37. The molecular weight excluding hydrogens is 667 g/mol. The number of benzene rings is 9. The second kappa shape index (κ2) is 13.0. The molecule has 0 aliphatic rings. The minimum atomic E-state index is 0.588. The van der Waals surface area contributed by atoms with E-state index in [0.29, 0.717) is 11.3 Å². The lowest BCUT2D eigenvalue weighted by Crippen LogP contribution is -1.94. The molecule has 0 atom stereocenters. The van der Waals surface area contributed by atoms with Crippen LogP contribution in [0.25, 0.3) is 98.4 Å². The Morgan fingerprint density at radius 1 is 0.418 bits per heavy atom. The van der Waals surface area contributed by atoms with Crippen LogP contribution in [0.15, 0.2) is 188 Å². The van der Waals surface area contributed by atoms with E-state index in [0.717, 1.165) is 49.7 Å². The van der Waals surface area contributed by atoms with Gasteiger partial charge in [-0.1, -0.05) is 146 Å². The van der Waals surface area contributed by atoms with Crippen LogP contribution in [0.2, 0.25) is 0 Å². The van der Waals surface area contributed by atoms with Crippen LogP contribution in [0.3, 0.4) is 0 Å². The number of aromatic nitrogens is 1. The molecule has 254 valence electrons. The molecule has 0 amide bonds. The summed E-state index contributed by atoms with van der Waals surface area (Å²) in [6.07, 6.45) is 0. The van der Waals surface area contributed by atoms with Crippen molar-refractivity contribution in [2.75, 3.05) is 0 Å². The Hall–Kier alpha value is -7.72. The van der Waals surface area contributed by atoms with Crippen LogP contribution in [-0.2, 0) is 0 Å². The number of rotatable bonds is 5. The second-order valence-electron chi connectivity index (χ2n) is 13.9. The summed E-state index contributed by atoms with van der Waals surface area (Å²) in [6.45, 7) is 8.17. The maximum absolute atomic E-state index is 9.56. The van der Waals surface area contributed by atoms with E-state index in [2.05, 4.69) is 167 Å². The quantitative estimate of drug-likeness (QED) is 0.130. The highest BCUT2D eigenvalue weighted by atomic mass is 15.0. The molecule has 0 radical (unpaired) electrons. The number of nitriles is 1.